The summed E-state index contributed by atoms with van der Waals surface area (Å²) in [6, 6.07) is 22.3. The lowest BCUT2D eigenvalue weighted by molar-refractivity contribution is -0.141. The summed E-state index contributed by atoms with van der Waals surface area (Å²) in [5, 5.41) is 3.91. The highest BCUT2D eigenvalue weighted by atomic mass is 35.5. The van der Waals surface area contributed by atoms with Gasteiger partial charge in [-0.2, -0.15) is 0 Å². The Hall–Kier alpha value is -2.82. The Morgan fingerprint density at radius 2 is 1.54 bits per heavy atom. The number of aryl methyl sites for hydroxylation is 1. The van der Waals surface area contributed by atoms with Gasteiger partial charge in [-0.1, -0.05) is 89.4 Å². The van der Waals surface area contributed by atoms with Crippen LogP contribution >= 0.6 is 23.2 Å². The molecule has 0 spiro atoms. The molecule has 3 rings (SSSR count). The van der Waals surface area contributed by atoms with Gasteiger partial charge in [-0.3, -0.25) is 9.59 Å². The first-order valence-corrected chi connectivity index (χ1v) is 12.4. The van der Waals surface area contributed by atoms with E-state index in [4.69, 9.17) is 23.2 Å². The van der Waals surface area contributed by atoms with Crippen molar-refractivity contribution in [3.63, 3.8) is 0 Å². The van der Waals surface area contributed by atoms with E-state index in [1.807, 2.05) is 82.3 Å². The van der Waals surface area contributed by atoms with Gasteiger partial charge in [0.2, 0.25) is 11.8 Å². The van der Waals surface area contributed by atoms with Crippen LogP contribution in [0, 0.1) is 6.92 Å². The number of hydrogen-bond acceptors (Lipinski definition) is 2. The van der Waals surface area contributed by atoms with Crippen molar-refractivity contribution in [1.82, 2.24) is 10.2 Å². The van der Waals surface area contributed by atoms with Gasteiger partial charge in [0.05, 0.1) is 16.5 Å². The molecule has 35 heavy (non-hydrogen) atoms. The van der Waals surface area contributed by atoms with Crippen molar-refractivity contribution >= 4 is 35.0 Å². The molecule has 0 radical (unpaired) electrons. The Kier molecular flexibility index (Phi) is 8.98. The number of nitrogens with zero attached hydrogens (tertiary/aromatic N) is 1. The first-order valence-electron chi connectivity index (χ1n) is 11.7. The van der Waals surface area contributed by atoms with Crippen LogP contribution in [0.4, 0.5) is 0 Å². The number of carbonyl (C=O) groups is 2. The summed E-state index contributed by atoms with van der Waals surface area (Å²) < 4.78 is 0. The fourth-order valence-corrected chi connectivity index (χ4v) is 4.26. The molecule has 6 heteroatoms. The van der Waals surface area contributed by atoms with Crippen LogP contribution in [0.3, 0.4) is 0 Å². The highest BCUT2D eigenvalue weighted by molar-refractivity contribution is 6.42. The van der Waals surface area contributed by atoms with Crippen molar-refractivity contribution in [2.24, 2.45) is 0 Å². The predicted octanol–water partition coefficient (Wildman–Crippen LogP) is 6.40. The van der Waals surface area contributed by atoms with Crippen molar-refractivity contribution in [2.45, 2.75) is 58.7 Å². The molecule has 2 amide bonds. The molecule has 0 saturated carbocycles. The topological polar surface area (TPSA) is 49.4 Å². The SMILES string of the molecule is Cc1cccc(CN(C(=O)Cc2ccc(Cl)c(Cl)c2)[C@H](Cc2ccccc2)C(=O)NC(C)(C)C)c1. The van der Waals surface area contributed by atoms with Crippen LogP contribution in [0.25, 0.3) is 0 Å². The average Bonchev–Trinajstić information content (AvgIpc) is 2.78. The molecule has 3 aromatic carbocycles. The van der Waals surface area contributed by atoms with E-state index >= 15 is 0 Å². The third kappa shape index (κ3) is 8.12. The molecule has 0 heterocycles. The summed E-state index contributed by atoms with van der Waals surface area (Å²) >= 11 is 12.3. The quantitative estimate of drug-likeness (QED) is 0.381. The number of rotatable bonds is 8. The second-order valence-electron chi connectivity index (χ2n) is 9.88. The maximum Gasteiger partial charge on any atom is 0.243 e. The zero-order chi connectivity index (χ0) is 25.6. The third-order valence-electron chi connectivity index (χ3n) is 5.54. The van der Waals surface area contributed by atoms with Crippen LogP contribution in [-0.4, -0.2) is 28.3 Å². The molecule has 4 nitrogen and oxygen atoms in total. The van der Waals surface area contributed by atoms with Crippen LogP contribution < -0.4 is 5.32 Å². The van der Waals surface area contributed by atoms with Crippen molar-refractivity contribution in [3.8, 4) is 0 Å². The van der Waals surface area contributed by atoms with E-state index in [2.05, 4.69) is 5.32 Å². The lowest BCUT2D eigenvalue weighted by Crippen LogP contribution is -2.54. The molecule has 3 aromatic rings. The summed E-state index contributed by atoms with van der Waals surface area (Å²) in [7, 11) is 0. The van der Waals surface area contributed by atoms with Gasteiger partial charge in [0, 0.05) is 18.5 Å². The van der Waals surface area contributed by atoms with E-state index in [1.54, 1.807) is 23.1 Å². The number of carbonyl (C=O) groups excluding carboxylic acids is 2. The Balaban J connectivity index is 2.00. The van der Waals surface area contributed by atoms with Crippen molar-refractivity contribution in [2.75, 3.05) is 0 Å². The first-order chi connectivity index (χ1) is 16.5. The van der Waals surface area contributed by atoms with Crippen LogP contribution in [0.5, 0.6) is 0 Å². The first kappa shape index (κ1) is 26.8. The molecule has 0 aromatic heterocycles. The standard InChI is InChI=1S/C29H32Cl2N2O2/c1-20-9-8-12-23(15-20)19-33(27(34)18-22-13-14-24(30)25(31)16-22)26(28(35)32-29(2,3)4)17-21-10-6-5-7-11-21/h5-16,26H,17-19H2,1-4H3,(H,32,35)/t26-/m1/s1. The van der Waals surface area contributed by atoms with Gasteiger partial charge in [-0.25, -0.2) is 0 Å². The van der Waals surface area contributed by atoms with Crippen LogP contribution in [0.2, 0.25) is 10.0 Å². The summed E-state index contributed by atoms with van der Waals surface area (Å²) in [4.78, 5) is 29.0. The summed E-state index contributed by atoms with van der Waals surface area (Å²) in [5.41, 5.74) is 3.35. The fourth-order valence-electron chi connectivity index (χ4n) is 3.94. The lowest BCUT2D eigenvalue weighted by Gasteiger charge is -2.34. The van der Waals surface area contributed by atoms with E-state index in [1.165, 1.54) is 0 Å². The van der Waals surface area contributed by atoms with E-state index in [-0.39, 0.29) is 18.2 Å². The van der Waals surface area contributed by atoms with E-state index in [0.717, 1.165) is 22.3 Å². The predicted molar refractivity (Wildman–Crippen MR) is 144 cm³/mol. The minimum atomic E-state index is -0.688. The number of halogens is 2. The molecule has 0 bridgehead atoms. The summed E-state index contributed by atoms with van der Waals surface area (Å²) in [5.74, 6) is -0.341. The van der Waals surface area contributed by atoms with Crippen molar-refractivity contribution < 1.29 is 9.59 Å². The summed E-state index contributed by atoms with van der Waals surface area (Å²) in [6.07, 6.45) is 0.512. The second kappa shape index (κ2) is 11.7. The van der Waals surface area contributed by atoms with Gasteiger partial charge in [-0.05, 0) is 56.5 Å². The molecule has 1 atom stereocenters. The molecule has 184 valence electrons. The Morgan fingerprint density at radius 3 is 2.17 bits per heavy atom. The van der Waals surface area contributed by atoms with Crippen molar-refractivity contribution in [3.05, 3.63) is 105 Å². The second-order valence-corrected chi connectivity index (χ2v) is 10.7. The molecule has 0 unspecified atom stereocenters. The Bertz CT molecular complexity index is 1170. The largest absolute Gasteiger partial charge is 0.350 e. The average molecular weight is 511 g/mol. The maximum absolute atomic E-state index is 13.8. The highest BCUT2D eigenvalue weighted by Crippen LogP contribution is 2.24. The Morgan fingerprint density at radius 1 is 0.857 bits per heavy atom. The number of hydrogen-bond donors (Lipinski definition) is 1. The minimum Gasteiger partial charge on any atom is -0.350 e. The number of nitrogens with one attached hydrogen (secondary N) is 1. The monoisotopic (exact) mass is 510 g/mol. The summed E-state index contributed by atoms with van der Waals surface area (Å²) in [6.45, 7) is 8.14. The smallest absolute Gasteiger partial charge is 0.243 e. The molecule has 0 aliphatic rings. The maximum atomic E-state index is 13.8. The fraction of sp³-hybridized carbons (Fsp3) is 0.310. The zero-order valence-electron chi connectivity index (χ0n) is 20.6. The van der Waals surface area contributed by atoms with Gasteiger partial charge in [-0.15, -0.1) is 0 Å². The molecule has 1 N–H and O–H groups in total. The van der Waals surface area contributed by atoms with E-state index in [0.29, 0.717) is 23.0 Å². The van der Waals surface area contributed by atoms with E-state index in [9.17, 15) is 9.59 Å². The minimum absolute atomic E-state index is 0.108. The molecule has 0 fully saturated rings. The molecule has 0 aliphatic heterocycles. The molecule has 0 saturated heterocycles. The van der Waals surface area contributed by atoms with Gasteiger partial charge >= 0.3 is 0 Å². The third-order valence-corrected chi connectivity index (χ3v) is 6.28. The zero-order valence-corrected chi connectivity index (χ0v) is 22.2. The number of amides is 2. The van der Waals surface area contributed by atoms with Gasteiger partial charge in [0.15, 0.2) is 0 Å². The number of benzene rings is 3. The van der Waals surface area contributed by atoms with Gasteiger partial charge in [0.25, 0.3) is 0 Å². The molecular formula is C29H32Cl2N2O2. The van der Waals surface area contributed by atoms with Crippen LogP contribution in [-0.2, 0) is 29.0 Å². The lowest BCUT2D eigenvalue weighted by atomic mass is 9.99. The highest BCUT2D eigenvalue weighted by Gasteiger charge is 2.32. The van der Waals surface area contributed by atoms with Crippen LogP contribution in [0.15, 0.2) is 72.8 Å². The molecule has 0 aliphatic carbocycles. The molecular weight excluding hydrogens is 479 g/mol. The van der Waals surface area contributed by atoms with Gasteiger partial charge in [0.1, 0.15) is 6.04 Å². The van der Waals surface area contributed by atoms with Crippen LogP contribution in [0.1, 0.15) is 43.0 Å². The normalized spacial score (nSPS) is 12.2. The Labute approximate surface area is 218 Å². The van der Waals surface area contributed by atoms with Gasteiger partial charge < -0.3 is 10.2 Å². The van der Waals surface area contributed by atoms with Crippen molar-refractivity contribution in [1.29, 1.82) is 0 Å². The van der Waals surface area contributed by atoms with E-state index < -0.39 is 11.6 Å².